The van der Waals surface area contributed by atoms with Crippen LogP contribution in [-0.2, 0) is 19.1 Å². The first kappa shape index (κ1) is 20.2. The van der Waals surface area contributed by atoms with Gasteiger partial charge in [0.2, 0.25) is 0 Å². The maximum atomic E-state index is 11.9. The van der Waals surface area contributed by atoms with Crippen LogP contribution >= 0.6 is 23.2 Å². The molecule has 0 bridgehead atoms. The van der Waals surface area contributed by atoms with Crippen molar-refractivity contribution in [1.82, 2.24) is 10.3 Å². The van der Waals surface area contributed by atoms with E-state index in [9.17, 15) is 14.4 Å². The van der Waals surface area contributed by atoms with Gasteiger partial charge in [0.1, 0.15) is 11.2 Å². The lowest BCUT2D eigenvalue weighted by molar-refractivity contribution is -0.147. The summed E-state index contributed by atoms with van der Waals surface area (Å²) in [6, 6.07) is 0.478. The fourth-order valence-corrected chi connectivity index (χ4v) is 2.03. The number of rotatable bonds is 7. The van der Waals surface area contributed by atoms with Gasteiger partial charge in [0.25, 0.3) is 5.91 Å². The topological polar surface area (TPSA) is 94.6 Å². The van der Waals surface area contributed by atoms with Gasteiger partial charge in [-0.2, -0.15) is 0 Å². The zero-order chi connectivity index (χ0) is 18.3. The van der Waals surface area contributed by atoms with Crippen molar-refractivity contribution < 1.29 is 23.9 Å². The molecule has 1 aromatic heterocycles. The molecule has 0 saturated carbocycles. The van der Waals surface area contributed by atoms with Gasteiger partial charge >= 0.3 is 11.9 Å². The molecule has 0 fully saturated rings. The zero-order valence-corrected chi connectivity index (χ0v) is 15.0. The van der Waals surface area contributed by atoms with Crippen molar-refractivity contribution in [3.8, 4) is 0 Å². The van der Waals surface area contributed by atoms with Crippen LogP contribution in [0.1, 0.15) is 30.6 Å². The molecule has 0 aliphatic heterocycles. The quantitative estimate of drug-likeness (QED) is 0.579. The van der Waals surface area contributed by atoms with Crippen molar-refractivity contribution in [2.24, 2.45) is 5.92 Å². The predicted octanol–water partition coefficient (Wildman–Crippen LogP) is 2.25. The highest BCUT2D eigenvalue weighted by molar-refractivity contribution is 6.41. The Hall–Kier alpha value is -1.86. The van der Waals surface area contributed by atoms with Crippen LogP contribution in [0, 0.1) is 5.92 Å². The molecule has 0 aliphatic rings. The Kier molecular flexibility index (Phi) is 7.94. The van der Waals surface area contributed by atoms with Gasteiger partial charge in [0, 0.05) is 6.20 Å². The number of pyridine rings is 1. The molecule has 2 atom stereocenters. The van der Waals surface area contributed by atoms with E-state index < -0.39 is 30.5 Å². The zero-order valence-electron chi connectivity index (χ0n) is 13.5. The average molecular weight is 377 g/mol. The standard InChI is InChI=1S/C15H18Cl2N2O5/c1-4-8(2)12(15(22)23-3)19-11(20)7-24-14(21)9-5-10(16)13(17)18-6-9/h5-6,8,12H,4,7H2,1-3H3,(H,19,20)/t8-,12-/m1/s1. The molecule has 132 valence electrons. The summed E-state index contributed by atoms with van der Waals surface area (Å²) >= 11 is 11.4. The van der Waals surface area contributed by atoms with E-state index in [2.05, 4.69) is 15.0 Å². The first-order valence-electron chi connectivity index (χ1n) is 7.15. The van der Waals surface area contributed by atoms with Crippen molar-refractivity contribution in [3.63, 3.8) is 0 Å². The number of carbonyl (C=O) groups excluding carboxylic acids is 3. The maximum Gasteiger partial charge on any atom is 0.340 e. The van der Waals surface area contributed by atoms with E-state index in [1.165, 1.54) is 19.4 Å². The molecule has 1 rings (SSSR count). The molecule has 7 nitrogen and oxygen atoms in total. The van der Waals surface area contributed by atoms with Crippen LogP contribution in [0.3, 0.4) is 0 Å². The van der Waals surface area contributed by atoms with E-state index in [1.807, 2.05) is 6.92 Å². The predicted molar refractivity (Wildman–Crippen MR) is 87.9 cm³/mol. The minimum Gasteiger partial charge on any atom is -0.467 e. The first-order valence-corrected chi connectivity index (χ1v) is 7.91. The van der Waals surface area contributed by atoms with Gasteiger partial charge in [-0.3, -0.25) is 4.79 Å². The Bertz CT molecular complexity index is 624. The van der Waals surface area contributed by atoms with Crippen LogP contribution in [0.2, 0.25) is 10.2 Å². The number of hydrogen-bond acceptors (Lipinski definition) is 6. The van der Waals surface area contributed by atoms with Crippen LogP contribution in [0.5, 0.6) is 0 Å². The van der Waals surface area contributed by atoms with Gasteiger partial charge < -0.3 is 14.8 Å². The third-order valence-electron chi connectivity index (χ3n) is 3.35. The van der Waals surface area contributed by atoms with E-state index in [0.29, 0.717) is 6.42 Å². The Balaban J connectivity index is 2.62. The van der Waals surface area contributed by atoms with Crippen LogP contribution in [-0.4, -0.2) is 42.6 Å². The van der Waals surface area contributed by atoms with E-state index in [1.54, 1.807) is 6.92 Å². The smallest absolute Gasteiger partial charge is 0.340 e. The SMILES string of the molecule is CC[C@@H](C)[C@@H](NC(=O)COC(=O)c1cnc(Cl)c(Cl)c1)C(=O)OC. The maximum absolute atomic E-state index is 11.9. The summed E-state index contributed by atoms with van der Waals surface area (Å²) in [6.07, 6.45) is 1.85. The van der Waals surface area contributed by atoms with Crippen LogP contribution in [0.4, 0.5) is 0 Å². The highest BCUT2D eigenvalue weighted by Gasteiger charge is 2.27. The van der Waals surface area contributed by atoms with Crippen LogP contribution in [0.15, 0.2) is 12.3 Å². The largest absolute Gasteiger partial charge is 0.467 e. The number of amides is 1. The second-order valence-corrected chi connectivity index (χ2v) is 5.79. The molecule has 0 aromatic carbocycles. The molecule has 0 saturated heterocycles. The lowest BCUT2D eigenvalue weighted by atomic mass is 9.99. The van der Waals surface area contributed by atoms with Gasteiger partial charge in [-0.15, -0.1) is 0 Å². The van der Waals surface area contributed by atoms with E-state index >= 15 is 0 Å². The Morgan fingerprint density at radius 2 is 2.00 bits per heavy atom. The van der Waals surface area contributed by atoms with Crippen molar-refractivity contribution in [3.05, 3.63) is 28.0 Å². The summed E-state index contributed by atoms with van der Waals surface area (Å²) in [4.78, 5) is 39.1. The Labute approximate surface area is 149 Å². The number of carbonyl (C=O) groups is 3. The summed E-state index contributed by atoms with van der Waals surface area (Å²) in [5.41, 5.74) is 0.0589. The van der Waals surface area contributed by atoms with Gasteiger partial charge in [-0.05, 0) is 12.0 Å². The third kappa shape index (κ3) is 5.65. The fraction of sp³-hybridized carbons (Fsp3) is 0.467. The highest BCUT2D eigenvalue weighted by Crippen LogP contribution is 2.20. The second kappa shape index (κ2) is 9.44. The Morgan fingerprint density at radius 1 is 1.33 bits per heavy atom. The molecule has 0 spiro atoms. The molecular weight excluding hydrogens is 359 g/mol. The number of halogens is 2. The lowest BCUT2D eigenvalue weighted by Crippen LogP contribution is -2.47. The molecule has 0 unspecified atom stereocenters. The molecule has 1 amide bonds. The molecule has 0 radical (unpaired) electrons. The highest BCUT2D eigenvalue weighted by atomic mass is 35.5. The number of nitrogens with one attached hydrogen (secondary N) is 1. The van der Waals surface area contributed by atoms with Crippen LogP contribution < -0.4 is 5.32 Å². The summed E-state index contributed by atoms with van der Waals surface area (Å²) in [5.74, 6) is -2.09. The van der Waals surface area contributed by atoms with Crippen molar-refractivity contribution in [2.45, 2.75) is 26.3 Å². The average Bonchev–Trinajstić information content (AvgIpc) is 2.58. The minimum atomic E-state index is -0.808. The molecule has 1 heterocycles. The van der Waals surface area contributed by atoms with Crippen molar-refractivity contribution in [1.29, 1.82) is 0 Å². The third-order valence-corrected chi connectivity index (χ3v) is 4.04. The molecule has 0 aliphatic carbocycles. The van der Waals surface area contributed by atoms with Crippen molar-refractivity contribution >= 4 is 41.0 Å². The normalized spacial score (nSPS) is 12.9. The number of methoxy groups -OCH3 is 1. The lowest BCUT2D eigenvalue weighted by Gasteiger charge is -2.21. The molecule has 1 N–H and O–H groups in total. The van der Waals surface area contributed by atoms with Gasteiger partial charge in [-0.1, -0.05) is 43.5 Å². The number of nitrogens with zero attached hydrogens (tertiary/aromatic N) is 1. The van der Waals surface area contributed by atoms with E-state index in [4.69, 9.17) is 27.9 Å². The molecule has 9 heteroatoms. The monoisotopic (exact) mass is 376 g/mol. The van der Waals surface area contributed by atoms with Crippen molar-refractivity contribution in [2.75, 3.05) is 13.7 Å². The molecule has 1 aromatic rings. The number of aromatic nitrogens is 1. The molecular formula is C15H18Cl2N2O5. The van der Waals surface area contributed by atoms with Crippen LogP contribution in [0.25, 0.3) is 0 Å². The second-order valence-electron chi connectivity index (χ2n) is 5.03. The fourth-order valence-electron chi connectivity index (χ4n) is 1.76. The summed E-state index contributed by atoms with van der Waals surface area (Å²) in [6.45, 7) is 3.13. The first-order chi connectivity index (χ1) is 11.3. The summed E-state index contributed by atoms with van der Waals surface area (Å²) < 4.78 is 9.53. The molecule has 24 heavy (non-hydrogen) atoms. The summed E-state index contributed by atoms with van der Waals surface area (Å²) in [7, 11) is 1.24. The van der Waals surface area contributed by atoms with Gasteiger partial charge in [-0.25, -0.2) is 14.6 Å². The number of hydrogen-bond donors (Lipinski definition) is 1. The van der Waals surface area contributed by atoms with E-state index in [0.717, 1.165) is 0 Å². The minimum absolute atomic E-state index is 0.0560. The van der Waals surface area contributed by atoms with Gasteiger partial charge in [0.05, 0.1) is 17.7 Å². The van der Waals surface area contributed by atoms with Gasteiger partial charge in [0.15, 0.2) is 6.61 Å². The number of ether oxygens (including phenoxy) is 2. The van der Waals surface area contributed by atoms with E-state index in [-0.39, 0.29) is 21.7 Å². The number of esters is 2. The summed E-state index contributed by atoms with van der Waals surface area (Å²) in [5, 5.41) is 2.64. The Morgan fingerprint density at radius 3 is 2.54 bits per heavy atom.